The van der Waals surface area contributed by atoms with Crippen LogP contribution in [0.2, 0.25) is 0 Å². The molecule has 6 heteroatoms. The first-order valence-electron chi connectivity index (χ1n) is 4.31. The molecular formula is C10H8F3N3. The summed E-state index contributed by atoms with van der Waals surface area (Å²) in [6.07, 6.45) is -4.44. The summed E-state index contributed by atoms with van der Waals surface area (Å²) in [5.41, 5.74) is 1.95. The highest BCUT2D eigenvalue weighted by molar-refractivity contribution is 5.87. The third-order valence-corrected chi connectivity index (χ3v) is 1.75. The number of rotatable bonds is 2. The Hall–Kier alpha value is -2.03. The fourth-order valence-corrected chi connectivity index (χ4v) is 0.870. The van der Waals surface area contributed by atoms with Gasteiger partial charge in [0.25, 0.3) is 0 Å². The molecule has 1 N–H and O–H groups in total. The van der Waals surface area contributed by atoms with Crippen molar-refractivity contribution in [2.75, 3.05) is 5.43 Å². The molecule has 16 heavy (non-hydrogen) atoms. The SMILES string of the molecule is C/C(=N/Nc1cccc(C#N)c1)C(F)(F)F. The molecule has 0 amide bonds. The second-order valence-corrected chi connectivity index (χ2v) is 3.00. The molecule has 3 nitrogen and oxygen atoms in total. The number of nitriles is 1. The van der Waals surface area contributed by atoms with Crippen LogP contribution in [0.1, 0.15) is 12.5 Å². The van der Waals surface area contributed by atoms with Crippen molar-refractivity contribution in [1.29, 1.82) is 5.26 Å². The van der Waals surface area contributed by atoms with Crippen molar-refractivity contribution in [2.24, 2.45) is 5.10 Å². The summed E-state index contributed by atoms with van der Waals surface area (Å²) >= 11 is 0. The van der Waals surface area contributed by atoms with E-state index in [1.165, 1.54) is 12.1 Å². The molecule has 84 valence electrons. The number of benzene rings is 1. The lowest BCUT2D eigenvalue weighted by molar-refractivity contribution is -0.0592. The normalized spacial score (nSPS) is 12.1. The van der Waals surface area contributed by atoms with Crippen molar-refractivity contribution >= 4 is 11.4 Å². The van der Waals surface area contributed by atoms with Gasteiger partial charge in [0.2, 0.25) is 0 Å². The number of halogens is 3. The molecule has 0 aliphatic carbocycles. The lowest BCUT2D eigenvalue weighted by atomic mass is 10.2. The van der Waals surface area contributed by atoms with E-state index in [0.717, 1.165) is 6.92 Å². The van der Waals surface area contributed by atoms with Crippen LogP contribution < -0.4 is 5.43 Å². The van der Waals surface area contributed by atoms with E-state index in [4.69, 9.17) is 5.26 Å². The van der Waals surface area contributed by atoms with Gasteiger partial charge < -0.3 is 0 Å². The maximum atomic E-state index is 12.1. The van der Waals surface area contributed by atoms with Crippen molar-refractivity contribution in [3.05, 3.63) is 29.8 Å². The summed E-state index contributed by atoms with van der Waals surface area (Å²) in [5.74, 6) is 0. The van der Waals surface area contributed by atoms with Gasteiger partial charge in [0, 0.05) is 0 Å². The summed E-state index contributed by atoms with van der Waals surface area (Å²) in [7, 11) is 0. The molecule has 1 aromatic rings. The molecule has 0 aliphatic rings. The van der Waals surface area contributed by atoms with E-state index in [-0.39, 0.29) is 0 Å². The first kappa shape index (κ1) is 12.0. The number of hydrazone groups is 1. The molecule has 0 radical (unpaired) electrons. The lowest BCUT2D eigenvalue weighted by Gasteiger charge is -2.06. The molecule has 1 rings (SSSR count). The molecule has 0 fully saturated rings. The summed E-state index contributed by atoms with van der Waals surface area (Å²) < 4.78 is 36.2. The smallest absolute Gasteiger partial charge is 0.278 e. The van der Waals surface area contributed by atoms with E-state index in [1.807, 2.05) is 6.07 Å². The molecular weight excluding hydrogens is 219 g/mol. The van der Waals surface area contributed by atoms with Gasteiger partial charge >= 0.3 is 6.18 Å². The van der Waals surface area contributed by atoms with Crippen LogP contribution in [0.5, 0.6) is 0 Å². The maximum Gasteiger partial charge on any atom is 0.430 e. The average Bonchev–Trinajstić information content (AvgIpc) is 2.25. The Labute approximate surface area is 90.2 Å². The first-order valence-corrected chi connectivity index (χ1v) is 4.31. The van der Waals surface area contributed by atoms with E-state index < -0.39 is 11.9 Å². The molecule has 0 unspecified atom stereocenters. The van der Waals surface area contributed by atoms with E-state index in [2.05, 4.69) is 10.5 Å². The molecule has 0 aliphatic heterocycles. The number of nitrogens with one attached hydrogen (secondary N) is 1. The van der Waals surface area contributed by atoms with Gasteiger partial charge in [-0.3, -0.25) is 5.43 Å². The molecule has 0 aromatic heterocycles. The van der Waals surface area contributed by atoms with Gasteiger partial charge in [0.1, 0.15) is 5.71 Å². The van der Waals surface area contributed by atoms with Crippen molar-refractivity contribution in [3.8, 4) is 6.07 Å². The van der Waals surface area contributed by atoms with Crippen LogP contribution in [-0.2, 0) is 0 Å². The Balaban J connectivity index is 2.79. The fourth-order valence-electron chi connectivity index (χ4n) is 0.870. The lowest BCUT2D eigenvalue weighted by Crippen LogP contribution is -2.20. The molecule has 0 atom stereocenters. The Morgan fingerprint density at radius 2 is 2.12 bits per heavy atom. The van der Waals surface area contributed by atoms with Gasteiger partial charge in [-0.05, 0) is 25.1 Å². The van der Waals surface area contributed by atoms with Crippen LogP contribution in [0, 0.1) is 11.3 Å². The van der Waals surface area contributed by atoms with Crippen LogP contribution in [0.15, 0.2) is 29.4 Å². The Morgan fingerprint density at radius 3 is 2.69 bits per heavy atom. The number of alkyl halides is 3. The predicted octanol–water partition coefficient (Wildman–Crippen LogP) is 2.91. The number of anilines is 1. The van der Waals surface area contributed by atoms with Crippen molar-refractivity contribution in [1.82, 2.24) is 0 Å². The molecule has 1 aromatic carbocycles. The quantitative estimate of drug-likeness (QED) is 0.623. The fraction of sp³-hybridized carbons (Fsp3) is 0.200. The highest BCUT2D eigenvalue weighted by Crippen LogP contribution is 2.17. The minimum Gasteiger partial charge on any atom is -0.278 e. The van der Waals surface area contributed by atoms with Gasteiger partial charge in [-0.25, -0.2) is 0 Å². The highest BCUT2D eigenvalue weighted by atomic mass is 19.4. The van der Waals surface area contributed by atoms with Gasteiger partial charge in [0.05, 0.1) is 17.3 Å². The topological polar surface area (TPSA) is 48.2 Å². The molecule has 0 spiro atoms. The van der Waals surface area contributed by atoms with Crippen LogP contribution in [0.3, 0.4) is 0 Å². The molecule has 0 saturated heterocycles. The minimum absolute atomic E-state index is 0.336. The van der Waals surface area contributed by atoms with Crippen LogP contribution >= 0.6 is 0 Å². The van der Waals surface area contributed by atoms with Gasteiger partial charge in [0.15, 0.2) is 0 Å². The molecule has 0 saturated carbocycles. The zero-order chi connectivity index (χ0) is 12.2. The zero-order valence-corrected chi connectivity index (χ0v) is 8.34. The van der Waals surface area contributed by atoms with E-state index >= 15 is 0 Å². The van der Waals surface area contributed by atoms with Crippen molar-refractivity contribution in [3.63, 3.8) is 0 Å². The zero-order valence-electron chi connectivity index (χ0n) is 8.34. The Bertz CT molecular complexity index is 443. The van der Waals surface area contributed by atoms with E-state index in [9.17, 15) is 13.2 Å². The van der Waals surface area contributed by atoms with Crippen molar-refractivity contribution in [2.45, 2.75) is 13.1 Å². The van der Waals surface area contributed by atoms with Crippen LogP contribution in [0.25, 0.3) is 0 Å². The second kappa shape index (κ2) is 4.66. The monoisotopic (exact) mass is 227 g/mol. The van der Waals surface area contributed by atoms with Gasteiger partial charge in [-0.2, -0.15) is 23.5 Å². The number of hydrogen-bond donors (Lipinski definition) is 1. The average molecular weight is 227 g/mol. The summed E-state index contributed by atoms with van der Waals surface area (Å²) in [5, 5.41) is 11.7. The predicted molar refractivity (Wildman–Crippen MR) is 53.9 cm³/mol. The third kappa shape index (κ3) is 3.28. The Kier molecular flexibility index (Phi) is 3.51. The largest absolute Gasteiger partial charge is 0.430 e. The first-order chi connectivity index (χ1) is 7.43. The summed E-state index contributed by atoms with van der Waals surface area (Å²) in [6, 6.07) is 7.91. The number of nitrogens with zero attached hydrogens (tertiary/aromatic N) is 2. The van der Waals surface area contributed by atoms with Gasteiger partial charge in [-0.1, -0.05) is 6.07 Å². The number of hydrogen-bond acceptors (Lipinski definition) is 3. The Morgan fingerprint density at radius 1 is 1.44 bits per heavy atom. The van der Waals surface area contributed by atoms with Gasteiger partial charge in [-0.15, -0.1) is 0 Å². The van der Waals surface area contributed by atoms with E-state index in [1.54, 1.807) is 12.1 Å². The molecule has 0 heterocycles. The summed E-state index contributed by atoms with van der Waals surface area (Å²) in [6.45, 7) is 0.862. The van der Waals surface area contributed by atoms with E-state index in [0.29, 0.717) is 11.3 Å². The van der Waals surface area contributed by atoms with Crippen LogP contribution in [0.4, 0.5) is 18.9 Å². The minimum atomic E-state index is -4.44. The highest BCUT2D eigenvalue weighted by Gasteiger charge is 2.32. The second-order valence-electron chi connectivity index (χ2n) is 3.00. The standard InChI is InChI=1S/C10H8F3N3/c1-7(10(11,12)13)15-16-9-4-2-3-8(5-9)6-14/h2-5,16H,1H3/b15-7-. The third-order valence-electron chi connectivity index (χ3n) is 1.75. The van der Waals surface area contributed by atoms with Crippen molar-refractivity contribution < 1.29 is 13.2 Å². The maximum absolute atomic E-state index is 12.1. The summed E-state index contributed by atoms with van der Waals surface area (Å²) in [4.78, 5) is 0. The molecule has 0 bridgehead atoms. The van der Waals surface area contributed by atoms with Crippen LogP contribution in [-0.4, -0.2) is 11.9 Å².